The molecule has 0 saturated heterocycles. The minimum Gasteiger partial charge on any atom is -0.368 e. The third kappa shape index (κ3) is 3.53. The van der Waals surface area contributed by atoms with Crippen LogP contribution in [0.25, 0.3) is 0 Å². The number of hydrogen-bond donors (Lipinski definition) is 2. The second-order valence-corrected chi connectivity index (χ2v) is 6.97. The van der Waals surface area contributed by atoms with Crippen LogP contribution in [0.5, 0.6) is 0 Å². The van der Waals surface area contributed by atoms with Gasteiger partial charge in [-0.1, -0.05) is 19.3 Å². The van der Waals surface area contributed by atoms with Gasteiger partial charge in [-0.15, -0.1) is 11.3 Å². The normalized spacial score (nSPS) is 19.1. The maximum atomic E-state index is 11.5. The number of primary amides is 1. The topological polar surface area (TPSA) is 55.1 Å². The lowest BCUT2D eigenvalue weighted by atomic mass is 9.94. The highest BCUT2D eigenvalue weighted by atomic mass is 79.9. The zero-order valence-electron chi connectivity index (χ0n) is 9.62. The molecule has 2 rings (SSSR count). The summed E-state index contributed by atoms with van der Waals surface area (Å²) in [5.74, 6) is -0.287. The van der Waals surface area contributed by atoms with Gasteiger partial charge in [0, 0.05) is 10.9 Å². The van der Waals surface area contributed by atoms with E-state index >= 15 is 0 Å². The average molecular weight is 317 g/mol. The molecule has 1 saturated carbocycles. The fourth-order valence-corrected chi connectivity index (χ4v) is 3.79. The number of carbonyl (C=O) groups excluding carboxylic acids is 1. The summed E-state index contributed by atoms with van der Waals surface area (Å²) in [6.45, 7) is 0. The standard InChI is InChI=1S/C12H17BrN2OS/c13-10-7-6-9(17-10)11(12(14)16)15-8-4-2-1-3-5-8/h6-8,11,15H,1-5H2,(H2,14,16). The van der Waals surface area contributed by atoms with Gasteiger partial charge in [0.25, 0.3) is 0 Å². The molecule has 1 aromatic rings. The van der Waals surface area contributed by atoms with Crippen LogP contribution in [0.1, 0.15) is 43.0 Å². The zero-order valence-corrected chi connectivity index (χ0v) is 12.0. The Kier molecular flexibility index (Phi) is 4.59. The second kappa shape index (κ2) is 5.98. The van der Waals surface area contributed by atoms with E-state index in [-0.39, 0.29) is 11.9 Å². The van der Waals surface area contributed by atoms with Crippen molar-refractivity contribution in [3.63, 3.8) is 0 Å². The Labute approximate surface area is 114 Å². The molecule has 17 heavy (non-hydrogen) atoms. The molecule has 0 aromatic carbocycles. The maximum Gasteiger partial charge on any atom is 0.240 e. The molecule has 1 amide bonds. The Morgan fingerprint density at radius 2 is 2.12 bits per heavy atom. The molecule has 1 aliphatic carbocycles. The summed E-state index contributed by atoms with van der Waals surface area (Å²) >= 11 is 4.98. The molecule has 1 aromatic heterocycles. The van der Waals surface area contributed by atoms with Gasteiger partial charge in [0.1, 0.15) is 6.04 Å². The van der Waals surface area contributed by atoms with Crippen LogP contribution in [0.15, 0.2) is 15.9 Å². The van der Waals surface area contributed by atoms with E-state index in [0.717, 1.165) is 21.5 Å². The van der Waals surface area contributed by atoms with Gasteiger partial charge in [0.15, 0.2) is 0 Å². The Morgan fingerprint density at radius 1 is 1.41 bits per heavy atom. The molecule has 0 aliphatic heterocycles. The fraction of sp³-hybridized carbons (Fsp3) is 0.583. The van der Waals surface area contributed by atoms with Crippen LogP contribution in [-0.4, -0.2) is 11.9 Å². The van der Waals surface area contributed by atoms with Crippen molar-refractivity contribution in [1.29, 1.82) is 0 Å². The minimum absolute atomic E-state index is 0.287. The van der Waals surface area contributed by atoms with Gasteiger partial charge >= 0.3 is 0 Å². The lowest BCUT2D eigenvalue weighted by Gasteiger charge is -2.26. The Morgan fingerprint density at radius 3 is 2.65 bits per heavy atom. The summed E-state index contributed by atoms with van der Waals surface area (Å²) in [6.07, 6.45) is 6.10. The summed E-state index contributed by atoms with van der Waals surface area (Å²) in [4.78, 5) is 12.5. The second-order valence-electron chi connectivity index (χ2n) is 4.48. The SMILES string of the molecule is NC(=O)C(NC1CCCCC1)c1ccc(Br)s1. The van der Waals surface area contributed by atoms with Gasteiger partial charge in [-0.3, -0.25) is 10.1 Å². The molecule has 1 heterocycles. The van der Waals surface area contributed by atoms with Crippen molar-refractivity contribution in [3.8, 4) is 0 Å². The van der Waals surface area contributed by atoms with Crippen LogP contribution >= 0.6 is 27.3 Å². The monoisotopic (exact) mass is 316 g/mol. The molecule has 0 spiro atoms. The number of thiophene rings is 1. The highest BCUT2D eigenvalue weighted by molar-refractivity contribution is 9.11. The van der Waals surface area contributed by atoms with E-state index in [1.54, 1.807) is 11.3 Å². The summed E-state index contributed by atoms with van der Waals surface area (Å²) < 4.78 is 1.03. The number of halogens is 1. The molecule has 5 heteroatoms. The maximum absolute atomic E-state index is 11.5. The molecular weight excluding hydrogens is 300 g/mol. The smallest absolute Gasteiger partial charge is 0.240 e. The Hall–Kier alpha value is -0.390. The van der Waals surface area contributed by atoms with E-state index in [1.807, 2.05) is 12.1 Å². The number of amides is 1. The summed E-state index contributed by atoms with van der Waals surface area (Å²) in [5, 5.41) is 3.40. The molecule has 3 nitrogen and oxygen atoms in total. The average Bonchev–Trinajstić information content (AvgIpc) is 2.73. The number of hydrogen-bond acceptors (Lipinski definition) is 3. The van der Waals surface area contributed by atoms with E-state index in [0.29, 0.717) is 6.04 Å². The van der Waals surface area contributed by atoms with Crippen molar-refractivity contribution < 1.29 is 4.79 Å². The predicted octanol–water partition coefficient (Wildman–Crippen LogP) is 2.96. The number of rotatable bonds is 4. The first-order valence-corrected chi connectivity index (χ1v) is 7.58. The van der Waals surface area contributed by atoms with Crippen LogP contribution in [0, 0.1) is 0 Å². The van der Waals surface area contributed by atoms with E-state index in [9.17, 15) is 4.79 Å². The Bertz CT molecular complexity index is 388. The van der Waals surface area contributed by atoms with Crippen LogP contribution in [0.3, 0.4) is 0 Å². The van der Waals surface area contributed by atoms with Gasteiger partial charge < -0.3 is 5.73 Å². The van der Waals surface area contributed by atoms with E-state index in [1.165, 1.54) is 19.3 Å². The largest absolute Gasteiger partial charge is 0.368 e. The van der Waals surface area contributed by atoms with Crippen LogP contribution in [-0.2, 0) is 4.79 Å². The van der Waals surface area contributed by atoms with E-state index in [2.05, 4.69) is 21.2 Å². The first-order chi connectivity index (χ1) is 8.16. The summed E-state index contributed by atoms with van der Waals surface area (Å²) in [6, 6.07) is 4.01. The number of nitrogens with two attached hydrogens (primary N) is 1. The Balaban J connectivity index is 2.04. The first-order valence-electron chi connectivity index (χ1n) is 5.97. The van der Waals surface area contributed by atoms with Crippen molar-refractivity contribution >= 4 is 33.2 Å². The predicted molar refractivity (Wildman–Crippen MR) is 74.0 cm³/mol. The highest BCUT2D eigenvalue weighted by Gasteiger charge is 2.24. The summed E-state index contributed by atoms with van der Waals surface area (Å²) in [7, 11) is 0. The van der Waals surface area contributed by atoms with Crippen molar-refractivity contribution in [2.24, 2.45) is 5.73 Å². The zero-order chi connectivity index (χ0) is 12.3. The van der Waals surface area contributed by atoms with Gasteiger partial charge in [-0.25, -0.2) is 0 Å². The minimum atomic E-state index is -0.339. The molecule has 1 fully saturated rings. The molecule has 94 valence electrons. The molecule has 1 atom stereocenters. The van der Waals surface area contributed by atoms with Crippen molar-refractivity contribution in [1.82, 2.24) is 5.32 Å². The number of nitrogens with one attached hydrogen (secondary N) is 1. The molecular formula is C12H17BrN2OS. The van der Waals surface area contributed by atoms with Gasteiger partial charge in [0.2, 0.25) is 5.91 Å². The summed E-state index contributed by atoms with van der Waals surface area (Å²) in [5.41, 5.74) is 5.49. The number of carbonyl (C=O) groups is 1. The fourth-order valence-electron chi connectivity index (χ4n) is 2.29. The highest BCUT2D eigenvalue weighted by Crippen LogP contribution is 2.29. The first kappa shape index (κ1) is 13.1. The van der Waals surface area contributed by atoms with E-state index in [4.69, 9.17) is 5.73 Å². The molecule has 0 radical (unpaired) electrons. The van der Waals surface area contributed by atoms with Crippen LogP contribution < -0.4 is 11.1 Å². The van der Waals surface area contributed by atoms with Gasteiger partial charge in [0.05, 0.1) is 3.79 Å². The van der Waals surface area contributed by atoms with Crippen LogP contribution in [0.4, 0.5) is 0 Å². The third-order valence-corrected chi connectivity index (χ3v) is 4.86. The molecule has 3 N–H and O–H groups in total. The van der Waals surface area contributed by atoms with Gasteiger partial charge in [-0.2, -0.15) is 0 Å². The molecule has 1 aliphatic rings. The lowest BCUT2D eigenvalue weighted by Crippen LogP contribution is -2.40. The van der Waals surface area contributed by atoms with Crippen LogP contribution in [0.2, 0.25) is 0 Å². The third-order valence-electron chi connectivity index (χ3n) is 3.17. The molecule has 1 unspecified atom stereocenters. The van der Waals surface area contributed by atoms with Crippen molar-refractivity contribution in [2.45, 2.75) is 44.2 Å². The van der Waals surface area contributed by atoms with Crippen molar-refractivity contribution in [3.05, 3.63) is 20.8 Å². The molecule has 0 bridgehead atoms. The lowest BCUT2D eigenvalue weighted by molar-refractivity contribution is -0.120. The van der Waals surface area contributed by atoms with E-state index < -0.39 is 0 Å². The quantitative estimate of drug-likeness (QED) is 0.897. The van der Waals surface area contributed by atoms with Crippen molar-refractivity contribution in [2.75, 3.05) is 0 Å². The van der Waals surface area contributed by atoms with Gasteiger partial charge in [-0.05, 0) is 40.9 Å².